The van der Waals surface area contributed by atoms with Crippen molar-refractivity contribution in [3.63, 3.8) is 0 Å². The molecule has 1 amide bonds. The Morgan fingerprint density at radius 1 is 1.10 bits per heavy atom. The van der Waals surface area contributed by atoms with Crippen molar-refractivity contribution in [2.24, 2.45) is 0 Å². The first-order valence-electron chi connectivity index (χ1n) is 10.1. The summed E-state index contributed by atoms with van der Waals surface area (Å²) in [4.78, 5) is 13.3. The lowest BCUT2D eigenvalue weighted by Crippen LogP contribution is -2.09. The lowest BCUT2D eigenvalue weighted by molar-refractivity contribution is 0.103. The summed E-state index contributed by atoms with van der Waals surface area (Å²) in [6.45, 7) is 7.26. The maximum absolute atomic E-state index is 12.6. The van der Waals surface area contributed by atoms with Gasteiger partial charge in [-0.1, -0.05) is 36.4 Å². The number of hydrogen-bond acceptors (Lipinski definition) is 4. The number of rotatable bonds is 7. The second-order valence-corrected chi connectivity index (χ2v) is 8.60. The van der Waals surface area contributed by atoms with Crippen molar-refractivity contribution in [3.05, 3.63) is 99.0 Å². The highest BCUT2D eigenvalue weighted by Crippen LogP contribution is 2.23. The van der Waals surface area contributed by atoms with Crippen LogP contribution < -0.4 is 10.1 Å². The molecule has 1 N–H and O–H groups in total. The van der Waals surface area contributed by atoms with Crippen molar-refractivity contribution in [2.45, 2.75) is 33.9 Å². The Labute approximate surface area is 186 Å². The number of aryl methyl sites for hydroxylation is 3. The number of ether oxygens (including phenoxy) is 1. The SMILES string of the molecule is Cc1ccc(C)c(OCc2csc(C(=O)Nc3cnn(Cc4ccccc4C)c3)c2)c1. The first-order valence-corrected chi connectivity index (χ1v) is 11.0. The van der Waals surface area contributed by atoms with Gasteiger partial charge in [0.15, 0.2) is 0 Å². The Morgan fingerprint density at radius 3 is 2.77 bits per heavy atom. The van der Waals surface area contributed by atoms with E-state index in [2.05, 4.69) is 41.6 Å². The first kappa shape index (κ1) is 20.9. The molecule has 0 aliphatic carbocycles. The maximum Gasteiger partial charge on any atom is 0.265 e. The third-order valence-corrected chi connectivity index (χ3v) is 6.08. The number of amides is 1. The fraction of sp³-hybridized carbons (Fsp3) is 0.200. The molecule has 0 aliphatic rings. The zero-order chi connectivity index (χ0) is 21.8. The number of nitrogens with zero attached hydrogens (tertiary/aromatic N) is 2. The Kier molecular flexibility index (Phi) is 6.18. The largest absolute Gasteiger partial charge is 0.489 e. The van der Waals surface area contributed by atoms with Crippen molar-refractivity contribution in [1.29, 1.82) is 0 Å². The van der Waals surface area contributed by atoms with Gasteiger partial charge in [0.2, 0.25) is 0 Å². The molecule has 0 bridgehead atoms. The second-order valence-electron chi connectivity index (χ2n) is 7.68. The van der Waals surface area contributed by atoms with Gasteiger partial charge < -0.3 is 10.1 Å². The van der Waals surface area contributed by atoms with Crippen LogP contribution in [0.25, 0.3) is 0 Å². The molecule has 2 aromatic carbocycles. The number of carbonyl (C=O) groups is 1. The minimum atomic E-state index is -0.140. The summed E-state index contributed by atoms with van der Waals surface area (Å²) < 4.78 is 7.78. The quantitative estimate of drug-likeness (QED) is 0.405. The van der Waals surface area contributed by atoms with Gasteiger partial charge in [0, 0.05) is 11.8 Å². The van der Waals surface area contributed by atoms with Gasteiger partial charge in [-0.05, 0) is 60.5 Å². The Morgan fingerprint density at radius 2 is 1.94 bits per heavy atom. The molecule has 0 saturated heterocycles. The van der Waals surface area contributed by atoms with Crippen molar-refractivity contribution in [3.8, 4) is 5.75 Å². The van der Waals surface area contributed by atoms with Gasteiger partial charge in [-0.3, -0.25) is 9.48 Å². The summed E-state index contributed by atoms with van der Waals surface area (Å²) in [5.74, 6) is 0.733. The number of thiophene rings is 1. The van der Waals surface area contributed by atoms with Gasteiger partial charge in [0.1, 0.15) is 12.4 Å². The van der Waals surface area contributed by atoms with Gasteiger partial charge in [-0.25, -0.2) is 0 Å². The summed E-state index contributed by atoms with van der Waals surface area (Å²) in [5.41, 5.74) is 6.34. The summed E-state index contributed by atoms with van der Waals surface area (Å²) in [5, 5.41) is 9.26. The number of anilines is 1. The summed E-state index contributed by atoms with van der Waals surface area (Å²) in [6.07, 6.45) is 3.52. The molecule has 0 spiro atoms. The smallest absolute Gasteiger partial charge is 0.265 e. The normalized spacial score (nSPS) is 10.8. The number of aromatic nitrogens is 2. The van der Waals surface area contributed by atoms with Gasteiger partial charge in [-0.2, -0.15) is 5.10 Å². The van der Waals surface area contributed by atoms with Crippen LogP contribution in [-0.4, -0.2) is 15.7 Å². The lowest BCUT2D eigenvalue weighted by atomic mass is 10.1. The molecule has 0 fully saturated rings. The van der Waals surface area contributed by atoms with Crippen LogP contribution in [0, 0.1) is 20.8 Å². The summed E-state index contributed by atoms with van der Waals surface area (Å²) in [7, 11) is 0. The molecule has 2 aromatic heterocycles. The van der Waals surface area contributed by atoms with E-state index < -0.39 is 0 Å². The van der Waals surface area contributed by atoms with Crippen molar-refractivity contribution < 1.29 is 9.53 Å². The number of nitrogens with one attached hydrogen (secondary N) is 1. The van der Waals surface area contributed by atoms with E-state index in [9.17, 15) is 4.79 Å². The van der Waals surface area contributed by atoms with Crippen LogP contribution in [0.3, 0.4) is 0 Å². The van der Waals surface area contributed by atoms with E-state index in [0.717, 1.165) is 22.4 Å². The topological polar surface area (TPSA) is 56.1 Å². The van der Waals surface area contributed by atoms with Crippen molar-refractivity contribution in [1.82, 2.24) is 9.78 Å². The standard InChI is InChI=1S/C25H25N3O2S/c1-17-8-9-19(3)23(10-17)30-15-20-11-24(31-16-20)25(29)27-22-12-26-28(14-22)13-21-7-5-4-6-18(21)2/h4-12,14,16H,13,15H2,1-3H3,(H,27,29). The molecular formula is C25H25N3O2S. The third kappa shape index (κ3) is 5.22. The third-order valence-electron chi connectivity index (χ3n) is 5.10. The van der Waals surface area contributed by atoms with Crippen LogP contribution in [0.5, 0.6) is 5.75 Å². The van der Waals surface area contributed by atoms with Gasteiger partial charge in [-0.15, -0.1) is 11.3 Å². The van der Waals surface area contributed by atoms with E-state index in [1.807, 2.05) is 54.4 Å². The average Bonchev–Trinajstić information content (AvgIpc) is 3.40. The molecule has 6 heteroatoms. The predicted octanol–water partition coefficient (Wildman–Crippen LogP) is 5.75. The van der Waals surface area contributed by atoms with E-state index in [1.165, 1.54) is 22.5 Å². The predicted molar refractivity (Wildman–Crippen MR) is 125 cm³/mol. The number of benzene rings is 2. The molecule has 2 heterocycles. The fourth-order valence-electron chi connectivity index (χ4n) is 3.26. The van der Waals surface area contributed by atoms with E-state index in [0.29, 0.717) is 23.7 Å². The molecule has 158 valence electrons. The summed E-state index contributed by atoms with van der Waals surface area (Å²) in [6, 6.07) is 16.2. The van der Waals surface area contributed by atoms with Crippen LogP contribution in [0.1, 0.15) is 37.5 Å². The molecule has 0 unspecified atom stereocenters. The number of carbonyl (C=O) groups excluding carboxylic acids is 1. The molecule has 0 aliphatic heterocycles. The van der Waals surface area contributed by atoms with Crippen LogP contribution >= 0.6 is 11.3 Å². The van der Waals surface area contributed by atoms with Crippen molar-refractivity contribution >= 4 is 22.9 Å². The molecule has 0 saturated carbocycles. The highest BCUT2D eigenvalue weighted by molar-refractivity contribution is 7.12. The van der Waals surface area contributed by atoms with E-state index in [-0.39, 0.29) is 5.91 Å². The molecule has 31 heavy (non-hydrogen) atoms. The van der Waals surface area contributed by atoms with Crippen LogP contribution in [-0.2, 0) is 13.2 Å². The zero-order valence-corrected chi connectivity index (χ0v) is 18.7. The molecule has 0 atom stereocenters. The second kappa shape index (κ2) is 9.18. The zero-order valence-electron chi connectivity index (χ0n) is 17.9. The minimum Gasteiger partial charge on any atom is -0.489 e. The van der Waals surface area contributed by atoms with Gasteiger partial charge in [0.05, 0.1) is 23.3 Å². The van der Waals surface area contributed by atoms with Crippen LogP contribution in [0.15, 0.2) is 66.3 Å². The first-order chi connectivity index (χ1) is 15.0. The molecular weight excluding hydrogens is 406 g/mol. The highest BCUT2D eigenvalue weighted by Gasteiger charge is 2.12. The van der Waals surface area contributed by atoms with Crippen LogP contribution in [0.2, 0.25) is 0 Å². The van der Waals surface area contributed by atoms with Gasteiger partial charge >= 0.3 is 0 Å². The fourth-order valence-corrected chi connectivity index (χ4v) is 4.06. The monoisotopic (exact) mass is 431 g/mol. The summed E-state index contributed by atoms with van der Waals surface area (Å²) >= 11 is 1.41. The molecule has 5 nitrogen and oxygen atoms in total. The average molecular weight is 432 g/mol. The number of hydrogen-bond donors (Lipinski definition) is 1. The van der Waals surface area contributed by atoms with Crippen LogP contribution in [0.4, 0.5) is 5.69 Å². The van der Waals surface area contributed by atoms with Gasteiger partial charge in [0.25, 0.3) is 5.91 Å². The molecule has 4 rings (SSSR count). The minimum absolute atomic E-state index is 0.140. The molecule has 0 radical (unpaired) electrons. The Bertz CT molecular complexity index is 1210. The Balaban J connectivity index is 1.35. The van der Waals surface area contributed by atoms with E-state index in [1.54, 1.807) is 6.20 Å². The van der Waals surface area contributed by atoms with Crippen molar-refractivity contribution in [2.75, 3.05) is 5.32 Å². The van der Waals surface area contributed by atoms with E-state index >= 15 is 0 Å². The maximum atomic E-state index is 12.6. The lowest BCUT2D eigenvalue weighted by Gasteiger charge is -2.08. The highest BCUT2D eigenvalue weighted by atomic mass is 32.1. The van der Waals surface area contributed by atoms with E-state index in [4.69, 9.17) is 4.74 Å². The molecule has 4 aromatic rings. The Hall–Kier alpha value is -3.38.